The minimum atomic E-state index is -1.06. The standard InChI is InChI=1S/C32H10F4N10/c1-39-19(9-37)27-15-7-17-32(42-12-22(43-17)14-5-25(35)46-26(36)6-14)30(15)28(20(10-38)40-2)16-8-18-31(29(16)27)41-11-21(44-18)13-3-23(33)45-24(34)4-13/h3-6,11-12H,7-8H2/b27-19-,28-20+. The van der Waals surface area contributed by atoms with Crippen LogP contribution >= 0.6 is 0 Å². The Morgan fingerprint density at radius 1 is 0.630 bits per heavy atom. The zero-order valence-electron chi connectivity index (χ0n) is 22.9. The fraction of sp³-hybridized carbons (Fsp3) is 0.0625. The molecule has 14 heteroatoms. The van der Waals surface area contributed by atoms with Crippen molar-refractivity contribution >= 4 is 11.4 Å². The zero-order valence-corrected chi connectivity index (χ0v) is 22.9. The second-order valence-corrected chi connectivity index (χ2v) is 10.1. The van der Waals surface area contributed by atoms with Crippen LogP contribution < -0.4 is 10.4 Å². The number of aromatic nitrogens is 6. The first-order valence-corrected chi connectivity index (χ1v) is 13.2. The number of pyridine rings is 2. The maximum Gasteiger partial charge on any atom is 0.269 e. The van der Waals surface area contributed by atoms with Gasteiger partial charge in [0.25, 0.3) is 11.4 Å². The Morgan fingerprint density at radius 3 is 1.33 bits per heavy atom. The molecule has 5 aromatic rings. The van der Waals surface area contributed by atoms with Gasteiger partial charge in [0, 0.05) is 69.8 Å². The monoisotopic (exact) mass is 610 g/mol. The minimum absolute atomic E-state index is 0.00894. The van der Waals surface area contributed by atoms with Gasteiger partial charge in [0.15, 0.2) is 0 Å². The lowest BCUT2D eigenvalue weighted by Gasteiger charge is -2.12. The molecular weight excluding hydrogens is 600 g/mol. The molecule has 0 fully saturated rings. The number of nitriles is 2. The average molecular weight is 610 g/mol. The van der Waals surface area contributed by atoms with E-state index in [1.165, 1.54) is 12.4 Å². The summed E-state index contributed by atoms with van der Waals surface area (Å²) in [5.74, 6) is -4.22. The van der Waals surface area contributed by atoms with Crippen LogP contribution in [0.25, 0.3) is 66.1 Å². The van der Waals surface area contributed by atoms with E-state index in [1.807, 2.05) is 12.1 Å². The summed E-state index contributed by atoms with van der Waals surface area (Å²) >= 11 is 0. The van der Waals surface area contributed by atoms with Crippen LogP contribution in [-0.4, -0.2) is 29.9 Å². The molecule has 216 valence electrons. The number of nitrogens with zero attached hydrogens (tertiary/aromatic N) is 10. The summed E-state index contributed by atoms with van der Waals surface area (Å²) in [7, 11) is 0. The van der Waals surface area contributed by atoms with Crippen LogP contribution in [0.5, 0.6) is 0 Å². The first-order valence-electron chi connectivity index (χ1n) is 13.2. The van der Waals surface area contributed by atoms with Crippen molar-refractivity contribution in [2.75, 3.05) is 0 Å². The topological polar surface area (TPSA) is 134 Å². The largest absolute Gasteiger partial charge is 0.269 e. The fourth-order valence-electron chi connectivity index (χ4n) is 5.88. The summed E-state index contributed by atoms with van der Waals surface area (Å²) in [6.07, 6.45) is 2.54. The zero-order chi connectivity index (χ0) is 32.3. The molecule has 0 unspecified atom stereocenters. The number of hydrogen-bond donors (Lipinski definition) is 0. The highest BCUT2D eigenvalue weighted by molar-refractivity contribution is 5.90. The molecule has 0 N–H and O–H groups in total. The van der Waals surface area contributed by atoms with E-state index in [9.17, 15) is 28.1 Å². The van der Waals surface area contributed by atoms with E-state index in [4.69, 9.17) is 13.1 Å². The lowest BCUT2D eigenvalue weighted by atomic mass is 9.92. The van der Waals surface area contributed by atoms with Gasteiger partial charge in [-0.05, 0) is 11.1 Å². The summed E-state index contributed by atoms with van der Waals surface area (Å²) in [4.78, 5) is 31.3. The van der Waals surface area contributed by atoms with E-state index < -0.39 is 23.8 Å². The van der Waals surface area contributed by atoms with Crippen molar-refractivity contribution < 1.29 is 17.6 Å². The number of halogens is 4. The third-order valence-electron chi connectivity index (χ3n) is 7.58. The van der Waals surface area contributed by atoms with Gasteiger partial charge in [-0.3, -0.25) is 9.97 Å². The van der Waals surface area contributed by atoms with Crippen LogP contribution in [0.2, 0.25) is 0 Å². The molecule has 0 radical (unpaired) electrons. The van der Waals surface area contributed by atoms with Crippen molar-refractivity contribution in [3.05, 3.63) is 116 Å². The lowest BCUT2D eigenvalue weighted by molar-refractivity contribution is 0.512. The van der Waals surface area contributed by atoms with E-state index >= 15 is 0 Å². The Kier molecular flexibility index (Phi) is 6.29. The van der Waals surface area contributed by atoms with Crippen LogP contribution in [0.1, 0.15) is 22.5 Å². The Labute approximate surface area is 255 Å². The Hall–Kier alpha value is -6.90. The molecule has 4 heterocycles. The van der Waals surface area contributed by atoms with Crippen molar-refractivity contribution in [3.8, 4) is 57.2 Å². The second kappa shape index (κ2) is 10.4. The van der Waals surface area contributed by atoms with Gasteiger partial charge < -0.3 is 0 Å². The molecule has 10 nitrogen and oxygen atoms in total. The molecular formula is C32H10F4N10. The quantitative estimate of drug-likeness (QED) is 0.162. The Balaban J connectivity index is 1.54. The maximum absolute atomic E-state index is 13.9. The molecule has 2 aliphatic carbocycles. The maximum atomic E-state index is 13.9. The number of fused-ring (bicyclic) bond motifs is 6. The van der Waals surface area contributed by atoms with Crippen LogP contribution in [0.15, 0.2) is 36.7 Å². The normalized spacial score (nSPS) is 13.2. The van der Waals surface area contributed by atoms with E-state index in [2.05, 4.69) is 39.6 Å². The number of benzene rings is 1. The summed E-state index contributed by atoms with van der Waals surface area (Å²) in [5.41, 5.74) is 2.34. The third kappa shape index (κ3) is 4.22. The van der Waals surface area contributed by atoms with Crippen LogP contribution in [0, 0.1) is 59.6 Å². The molecule has 0 aliphatic heterocycles. The van der Waals surface area contributed by atoms with Gasteiger partial charge in [-0.2, -0.15) is 27.5 Å². The van der Waals surface area contributed by atoms with Crippen LogP contribution in [-0.2, 0) is 12.8 Å². The summed E-state index contributed by atoms with van der Waals surface area (Å²) in [5, 5.41) is 20.5. The highest BCUT2D eigenvalue weighted by Gasteiger charge is 2.34. The van der Waals surface area contributed by atoms with E-state index in [0.29, 0.717) is 33.6 Å². The molecule has 4 aromatic heterocycles. The van der Waals surface area contributed by atoms with Crippen molar-refractivity contribution in [3.63, 3.8) is 0 Å². The predicted molar refractivity (Wildman–Crippen MR) is 151 cm³/mol. The summed E-state index contributed by atoms with van der Waals surface area (Å²) in [6, 6.07) is 7.81. The Morgan fingerprint density at radius 2 is 1.00 bits per heavy atom. The van der Waals surface area contributed by atoms with E-state index in [-0.39, 0.29) is 68.6 Å². The smallest absolute Gasteiger partial charge is 0.252 e. The van der Waals surface area contributed by atoms with Gasteiger partial charge in [0.1, 0.15) is 0 Å². The molecule has 7 rings (SSSR count). The third-order valence-corrected chi connectivity index (χ3v) is 7.58. The van der Waals surface area contributed by atoms with Gasteiger partial charge in [0.05, 0.1) is 71.8 Å². The molecule has 0 bridgehead atoms. The molecule has 2 aliphatic rings. The highest BCUT2D eigenvalue weighted by atomic mass is 19.1. The van der Waals surface area contributed by atoms with Gasteiger partial charge in [0.2, 0.25) is 23.8 Å². The summed E-state index contributed by atoms with van der Waals surface area (Å²) < 4.78 is 55.5. The van der Waals surface area contributed by atoms with Crippen molar-refractivity contribution in [2.45, 2.75) is 12.8 Å². The van der Waals surface area contributed by atoms with Gasteiger partial charge in [-0.25, -0.2) is 30.2 Å². The van der Waals surface area contributed by atoms with Crippen molar-refractivity contribution in [2.24, 2.45) is 0 Å². The van der Waals surface area contributed by atoms with Crippen LogP contribution in [0.3, 0.4) is 0 Å². The summed E-state index contributed by atoms with van der Waals surface area (Å²) in [6.45, 7) is 15.6. The fourth-order valence-corrected chi connectivity index (χ4v) is 5.88. The van der Waals surface area contributed by atoms with Gasteiger partial charge in [-0.15, -0.1) is 0 Å². The molecule has 0 atom stereocenters. The molecule has 0 spiro atoms. The molecule has 46 heavy (non-hydrogen) atoms. The van der Waals surface area contributed by atoms with Crippen molar-refractivity contribution in [1.82, 2.24) is 29.9 Å². The molecule has 0 amide bonds. The van der Waals surface area contributed by atoms with Crippen molar-refractivity contribution in [1.29, 1.82) is 10.5 Å². The highest BCUT2D eigenvalue weighted by Crippen LogP contribution is 2.39. The van der Waals surface area contributed by atoms with Crippen LogP contribution in [0.4, 0.5) is 17.6 Å². The first kappa shape index (κ1) is 27.9. The minimum Gasteiger partial charge on any atom is -0.252 e. The van der Waals surface area contributed by atoms with Gasteiger partial charge in [-0.1, -0.05) is 0 Å². The van der Waals surface area contributed by atoms with Gasteiger partial charge >= 0.3 is 0 Å². The second-order valence-electron chi connectivity index (χ2n) is 10.1. The molecule has 1 aromatic carbocycles. The number of rotatable bonds is 2. The average Bonchev–Trinajstić information content (AvgIpc) is 3.60. The lowest BCUT2D eigenvalue weighted by Crippen LogP contribution is -2.26. The Bertz CT molecular complexity index is 2290. The van der Waals surface area contributed by atoms with E-state index in [0.717, 1.165) is 24.3 Å². The predicted octanol–water partition coefficient (Wildman–Crippen LogP) is 4.19. The number of hydrogen-bond acceptors (Lipinski definition) is 8. The SMILES string of the molecule is [C-]#[N+]/C(C#N)=c1/c2c(/c(=C(\C#N)[N+]#[C-])c3c1-c1ncc(-c4cc(F)nc(F)c4)nc1C3)-c1ncc(-c3cc(F)nc(F)c3)nc1C2. The molecule has 0 saturated heterocycles. The van der Waals surface area contributed by atoms with E-state index in [1.54, 1.807) is 0 Å². The molecule has 0 saturated carbocycles. The first-order chi connectivity index (χ1) is 22.2.